The van der Waals surface area contributed by atoms with Crippen molar-refractivity contribution in [3.63, 3.8) is 0 Å². The quantitative estimate of drug-likeness (QED) is 0.332. The summed E-state index contributed by atoms with van der Waals surface area (Å²) in [5, 5.41) is 11.1. The predicted molar refractivity (Wildman–Crippen MR) is 119 cm³/mol. The van der Waals surface area contributed by atoms with Gasteiger partial charge in [-0.05, 0) is 54.1 Å². The van der Waals surface area contributed by atoms with E-state index in [-0.39, 0.29) is 17.9 Å². The second-order valence-corrected chi connectivity index (χ2v) is 7.35. The lowest BCUT2D eigenvalue weighted by atomic mass is 9.95. The van der Waals surface area contributed by atoms with Crippen LogP contribution in [0.15, 0.2) is 70.9 Å². The van der Waals surface area contributed by atoms with E-state index in [1.165, 1.54) is 32.5 Å². The van der Waals surface area contributed by atoms with Gasteiger partial charge in [-0.15, -0.1) is 0 Å². The third-order valence-corrected chi connectivity index (χ3v) is 5.53. The molecule has 1 unspecified atom stereocenters. The molecule has 0 saturated carbocycles. The molecule has 1 aliphatic heterocycles. The van der Waals surface area contributed by atoms with E-state index in [0.29, 0.717) is 34.1 Å². The van der Waals surface area contributed by atoms with Gasteiger partial charge >= 0.3 is 0 Å². The molecule has 1 fully saturated rings. The summed E-state index contributed by atoms with van der Waals surface area (Å²) < 4.78 is 21.3. The van der Waals surface area contributed by atoms with Gasteiger partial charge in [0.25, 0.3) is 11.7 Å². The Morgan fingerprint density at radius 3 is 2.30 bits per heavy atom. The highest BCUT2D eigenvalue weighted by atomic mass is 16.5. The third kappa shape index (κ3) is 4.03. The zero-order chi connectivity index (χ0) is 23.5. The molecular weight excluding hydrogens is 426 g/mol. The van der Waals surface area contributed by atoms with Crippen LogP contribution in [-0.2, 0) is 16.1 Å². The van der Waals surface area contributed by atoms with E-state index >= 15 is 0 Å². The number of Topliss-reactive ketones (excluding diaryl/α,β-unsaturated/α-hetero) is 1. The molecule has 1 atom stereocenters. The number of nitrogens with zero attached hydrogens (tertiary/aromatic N) is 1. The van der Waals surface area contributed by atoms with E-state index < -0.39 is 17.7 Å². The predicted octanol–water partition coefficient (Wildman–Crippen LogP) is 3.93. The van der Waals surface area contributed by atoms with Gasteiger partial charge in [-0.2, -0.15) is 0 Å². The highest BCUT2D eigenvalue weighted by molar-refractivity contribution is 6.46. The van der Waals surface area contributed by atoms with Crippen LogP contribution in [0.25, 0.3) is 5.76 Å². The van der Waals surface area contributed by atoms with Crippen LogP contribution in [0.4, 0.5) is 0 Å². The summed E-state index contributed by atoms with van der Waals surface area (Å²) in [5.74, 6) is 0.240. The van der Waals surface area contributed by atoms with E-state index in [1.54, 1.807) is 54.6 Å². The summed E-state index contributed by atoms with van der Waals surface area (Å²) in [4.78, 5) is 27.5. The molecule has 1 saturated heterocycles. The van der Waals surface area contributed by atoms with Crippen LogP contribution in [0, 0.1) is 0 Å². The fourth-order valence-electron chi connectivity index (χ4n) is 3.89. The highest BCUT2D eigenvalue weighted by Crippen LogP contribution is 2.42. The number of hydrogen-bond donors (Lipinski definition) is 1. The second-order valence-electron chi connectivity index (χ2n) is 7.35. The Kier molecular flexibility index (Phi) is 6.08. The zero-order valence-corrected chi connectivity index (χ0v) is 18.4. The van der Waals surface area contributed by atoms with E-state index in [0.717, 1.165) is 0 Å². The smallest absolute Gasteiger partial charge is 0.296 e. The Hall–Kier alpha value is -4.20. The molecule has 0 bridgehead atoms. The number of ether oxygens (including phenoxy) is 3. The normalized spacial score (nSPS) is 17.3. The minimum absolute atomic E-state index is 0.0241. The van der Waals surface area contributed by atoms with Crippen LogP contribution in [0.5, 0.6) is 17.2 Å². The number of carbonyl (C=O) groups excluding carboxylic acids is 2. The molecule has 1 amide bonds. The van der Waals surface area contributed by atoms with Gasteiger partial charge in [-0.3, -0.25) is 9.59 Å². The summed E-state index contributed by atoms with van der Waals surface area (Å²) in [6.07, 6.45) is 1.49. The fraction of sp³-hybridized carbons (Fsp3) is 0.200. The molecule has 8 nitrogen and oxygen atoms in total. The van der Waals surface area contributed by atoms with Crippen molar-refractivity contribution in [1.29, 1.82) is 0 Å². The maximum Gasteiger partial charge on any atom is 0.296 e. The van der Waals surface area contributed by atoms with Gasteiger partial charge in [0.1, 0.15) is 17.3 Å². The largest absolute Gasteiger partial charge is 0.507 e. The number of carbonyl (C=O) groups is 2. The van der Waals surface area contributed by atoms with Crippen molar-refractivity contribution >= 4 is 17.4 Å². The number of ketones is 1. The van der Waals surface area contributed by atoms with Crippen molar-refractivity contribution in [2.24, 2.45) is 0 Å². The average Bonchev–Trinajstić information content (AvgIpc) is 3.45. The number of methoxy groups -OCH3 is 3. The number of likely N-dealkylation sites (tertiary alicyclic amines) is 1. The van der Waals surface area contributed by atoms with Crippen LogP contribution in [0.2, 0.25) is 0 Å². The number of aliphatic hydroxyl groups excluding tert-OH is 1. The lowest BCUT2D eigenvalue weighted by Gasteiger charge is -2.25. The molecule has 0 aliphatic carbocycles. The van der Waals surface area contributed by atoms with Gasteiger partial charge in [0.15, 0.2) is 11.5 Å². The first-order valence-electron chi connectivity index (χ1n) is 10.2. The van der Waals surface area contributed by atoms with Crippen molar-refractivity contribution < 1.29 is 33.3 Å². The van der Waals surface area contributed by atoms with Crippen LogP contribution in [-0.4, -0.2) is 43.0 Å². The maximum absolute atomic E-state index is 13.1. The molecule has 33 heavy (non-hydrogen) atoms. The van der Waals surface area contributed by atoms with Crippen molar-refractivity contribution in [3.8, 4) is 17.2 Å². The molecule has 8 heteroatoms. The number of aliphatic hydroxyl groups is 1. The van der Waals surface area contributed by atoms with Crippen molar-refractivity contribution in [2.45, 2.75) is 12.6 Å². The summed E-state index contributed by atoms with van der Waals surface area (Å²) in [7, 11) is 4.55. The molecule has 1 aliphatic rings. The minimum Gasteiger partial charge on any atom is -0.507 e. The van der Waals surface area contributed by atoms with Gasteiger partial charge in [0.2, 0.25) is 0 Å². The lowest BCUT2D eigenvalue weighted by molar-refractivity contribution is -0.140. The Labute approximate surface area is 190 Å². The molecular formula is C25H23NO7. The number of rotatable bonds is 7. The lowest BCUT2D eigenvalue weighted by Crippen LogP contribution is -2.29. The Morgan fingerprint density at radius 1 is 0.970 bits per heavy atom. The molecule has 2 aromatic carbocycles. The average molecular weight is 449 g/mol. The van der Waals surface area contributed by atoms with Crippen LogP contribution < -0.4 is 14.2 Å². The number of furan rings is 1. The number of amides is 1. The van der Waals surface area contributed by atoms with Gasteiger partial charge in [0.05, 0.1) is 45.8 Å². The first-order valence-corrected chi connectivity index (χ1v) is 10.2. The standard InChI is InChI=1S/C25H23NO7/c1-30-17-9-6-15(7-10-17)23(27)21-22(16-8-11-19(31-2)20(13-16)32-3)26(25(29)24(21)28)14-18-5-4-12-33-18/h4-13,22,27H,14H2,1-3H3. The summed E-state index contributed by atoms with van der Waals surface area (Å²) in [5.41, 5.74) is 0.940. The van der Waals surface area contributed by atoms with Crippen LogP contribution in [0.3, 0.4) is 0 Å². The Balaban J connectivity index is 1.87. The molecule has 0 radical (unpaired) electrons. The van der Waals surface area contributed by atoms with Gasteiger partial charge in [-0.1, -0.05) is 6.07 Å². The SMILES string of the molecule is COc1ccc(C(O)=C2C(=O)C(=O)N(Cc3ccco3)C2c2ccc(OC)c(OC)c2)cc1. The summed E-state index contributed by atoms with van der Waals surface area (Å²) in [6.45, 7) is 0.0516. The maximum atomic E-state index is 13.1. The molecule has 0 spiro atoms. The Bertz CT molecular complexity index is 1200. The third-order valence-electron chi connectivity index (χ3n) is 5.53. The minimum atomic E-state index is -0.864. The zero-order valence-electron chi connectivity index (χ0n) is 18.4. The highest BCUT2D eigenvalue weighted by Gasteiger charge is 2.46. The first kappa shape index (κ1) is 22.0. The molecule has 1 N–H and O–H groups in total. The molecule has 1 aromatic heterocycles. The Morgan fingerprint density at radius 2 is 1.70 bits per heavy atom. The van der Waals surface area contributed by atoms with Crippen LogP contribution in [0.1, 0.15) is 22.9 Å². The summed E-state index contributed by atoms with van der Waals surface area (Å²) in [6, 6.07) is 14.2. The molecule has 4 rings (SSSR count). The van der Waals surface area contributed by atoms with E-state index in [1.807, 2.05) is 0 Å². The first-order chi connectivity index (χ1) is 16.0. The second kappa shape index (κ2) is 9.12. The topological polar surface area (TPSA) is 98.4 Å². The fourth-order valence-corrected chi connectivity index (χ4v) is 3.89. The van der Waals surface area contributed by atoms with Crippen molar-refractivity contribution in [1.82, 2.24) is 4.90 Å². The van der Waals surface area contributed by atoms with E-state index in [4.69, 9.17) is 18.6 Å². The van der Waals surface area contributed by atoms with E-state index in [2.05, 4.69) is 0 Å². The van der Waals surface area contributed by atoms with Gasteiger partial charge < -0.3 is 28.6 Å². The van der Waals surface area contributed by atoms with Crippen molar-refractivity contribution in [2.75, 3.05) is 21.3 Å². The number of benzene rings is 2. The monoisotopic (exact) mass is 449 g/mol. The summed E-state index contributed by atoms with van der Waals surface area (Å²) >= 11 is 0. The van der Waals surface area contributed by atoms with Crippen LogP contribution >= 0.6 is 0 Å². The number of hydrogen-bond acceptors (Lipinski definition) is 7. The van der Waals surface area contributed by atoms with Crippen molar-refractivity contribution in [3.05, 3.63) is 83.3 Å². The molecule has 170 valence electrons. The molecule has 2 heterocycles. The van der Waals surface area contributed by atoms with Gasteiger partial charge in [-0.25, -0.2) is 0 Å². The molecule has 3 aromatic rings. The van der Waals surface area contributed by atoms with E-state index in [9.17, 15) is 14.7 Å². The van der Waals surface area contributed by atoms with Gasteiger partial charge in [0, 0.05) is 5.56 Å².